The first-order valence-electron chi connectivity index (χ1n) is 8.18. The SMILES string of the molecule is O=C(c1ccccn1)N1CCN(S(=O)(=O)c2cc(C(F)(F)F)ccc2Cl)CC1. The molecule has 11 heteroatoms. The van der Waals surface area contributed by atoms with Gasteiger partial charge in [0.2, 0.25) is 10.0 Å². The summed E-state index contributed by atoms with van der Waals surface area (Å²) in [6.45, 7) is 0.0530. The average molecular weight is 434 g/mol. The number of hydrogen-bond donors (Lipinski definition) is 0. The zero-order valence-electron chi connectivity index (χ0n) is 14.4. The summed E-state index contributed by atoms with van der Waals surface area (Å²) in [5.74, 6) is -0.338. The summed E-state index contributed by atoms with van der Waals surface area (Å²) >= 11 is 5.86. The van der Waals surface area contributed by atoms with Gasteiger partial charge >= 0.3 is 6.18 Å². The third-order valence-corrected chi connectivity index (χ3v) is 6.67. The molecule has 1 aromatic carbocycles. The van der Waals surface area contributed by atoms with Crippen LogP contribution in [0.4, 0.5) is 13.2 Å². The Morgan fingerprint density at radius 1 is 1.07 bits per heavy atom. The number of pyridine rings is 1. The fourth-order valence-electron chi connectivity index (χ4n) is 2.80. The van der Waals surface area contributed by atoms with Crippen molar-refractivity contribution in [3.8, 4) is 0 Å². The molecule has 1 saturated heterocycles. The van der Waals surface area contributed by atoms with Gasteiger partial charge in [-0.2, -0.15) is 17.5 Å². The molecule has 0 atom stereocenters. The summed E-state index contributed by atoms with van der Waals surface area (Å²) in [5.41, 5.74) is -0.862. The number of piperazine rings is 1. The maximum Gasteiger partial charge on any atom is 0.416 e. The number of benzene rings is 1. The summed E-state index contributed by atoms with van der Waals surface area (Å²) in [6, 6.07) is 7.05. The number of nitrogens with zero attached hydrogens (tertiary/aromatic N) is 3. The van der Waals surface area contributed by atoms with Crippen LogP contribution in [0.1, 0.15) is 16.1 Å². The minimum atomic E-state index is -4.69. The second-order valence-electron chi connectivity index (χ2n) is 6.05. The van der Waals surface area contributed by atoms with Gasteiger partial charge in [0.1, 0.15) is 10.6 Å². The molecule has 1 aromatic heterocycles. The molecule has 0 aliphatic carbocycles. The summed E-state index contributed by atoms with van der Waals surface area (Å²) in [4.78, 5) is 17.2. The van der Waals surface area contributed by atoms with Crippen molar-refractivity contribution in [2.75, 3.05) is 26.2 Å². The third-order valence-electron chi connectivity index (χ3n) is 4.29. The Hall–Kier alpha value is -2.17. The van der Waals surface area contributed by atoms with E-state index in [0.717, 1.165) is 16.4 Å². The molecular formula is C17H15ClF3N3O3S. The fourth-order valence-corrected chi connectivity index (χ4v) is 4.72. The van der Waals surface area contributed by atoms with Gasteiger partial charge in [0, 0.05) is 32.4 Å². The molecular weight excluding hydrogens is 419 g/mol. The monoisotopic (exact) mass is 433 g/mol. The lowest BCUT2D eigenvalue weighted by Gasteiger charge is -2.34. The second-order valence-corrected chi connectivity index (χ2v) is 8.37. The molecule has 150 valence electrons. The third kappa shape index (κ3) is 4.13. The van der Waals surface area contributed by atoms with Gasteiger partial charge in [-0.1, -0.05) is 17.7 Å². The highest BCUT2D eigenvalue weighted by Crippen LogP contribution is 2.34. The largest absolute Gasteiger partial charge is 0.416 e. The molecule has 6 nitrogen and oxygen atoms in total. The first-order chi connectivity index (χ1) is 13.1. The molecule has 1 aliphatic heterocycles. The van der Waals surface area contributed by atoms with Crippen molar-refractivity contribution in [1.82, 2.24) is 14.2 Å². The molecule has 0 saturated carbocycles. The van der Waals surface area contributed by atoms with Crippen molar-refractivity contribution in [3.05, 3.63) is 58.9 Å². The lowest BCUT2D eigenvalue weighted by Crippen LogP contribution is -2.50. The van der Waals surface area contributed by atoms with E-state index in [4.69, 9.17) is 11.6 Å². The van der Waals surface area contributed by atoms with E-state index < -0.39 is 26.7 Å². The highest BCUT2D eigenvalue weighted by molar-refractivity contribution is 7.89. The van der Waals surface area contributed by atoms with Gasteiger partial charge in [0.15, 0.2) is 0 Å². The number of halogens is 4. The lowest BCUT2D eigenvalue weighted by molar-refractivity contribution is -0.137. The molecule has 2 heterocycles. The molecule has 0 N–H and O–H groups in total. The predicted octanol–water partition coefficient (Wildman–Crippen LogP) is 2.90. The molecule has 3 rings (SSSR count). The van der Waals surface area contributed by atoms with Gasteiger partial charge in [0.05, 0.1) is 10.6 Å². The maximum atomic E-state index is 12.9. The van der Waals surface area contributed by atoms with Crippen molar-refractivity contribution in [1.29, 1.82) is 0 Å². The number of aromatic nitrogens is 1. The summed E-state index contributed by atoms with van der Waals surface area (Å²) in [7, 11) is -4.24. The Labute approximate surface area is 164 Å². The molecule has 1 aliphatic rings. The van der Waals surface area contributed by atoms with E-state index >= 15 is 0 Å². The van der Waals surface area contributed by atoms with E-state index in [-0.39, 0.29) is 42.8 Å². The van der Waals surface area contributed by atoms with Crippen LogP contribution in [0.25, 0.3) is 0 Å². The number of sulfonamides is 1. The Bertz CT molecular complexity index is 976. The Kier molecular flexibility index (Phi) is 5.64. The van der Waals surface area contributed by atoms with Gasteiger partial charge in [-0.25, -0.2) is 8.42 Å². The highest BCUT2D eigenvalue weighted by atomic mass is 35.5. The van der Waals surface area contributed by atoms with Gasteiger partial charge in [0.25, 0.3) is 5.91 Å². The van der Waals surface area contributed by atoms with Crippen LogP contribution in [0.2, 0.25) is 5.02 Å². The van der Waals surface area contributed by atoms with Crippen LogP contribution in [-0.2, 0) is 16.2 Å². The van der Waals surface area contributed by atoms with Gasteiger partial charge in [-0.15, -0.1) is 0 Å². The van der Waals surface area contributed by atoms with Gasteiger partial charge in [-0.05, 0) is 30.3 Å². The van der Waals surface area contributed by atoms with E-state index in [0.29, 0.717) is 6.07 Å². The predicted molar refractivity (Wildman–Crippen MR) is 95.4 cm³/mol. The molecule has 28 heavy (non-hydrogen) atoms. The van der Waals surface area contributed by atoms with Crippen LogP contribution in [-0.4, -0.2) is 54.7 Å². The van der Waals surface area contributed by atoms with E-state index in [1.807, 2.05) is 0 Å². The molecule has 0 unspecified atom stereocenters. The van der Waals surface area contributed by atoms with Crippen LogP contribution in [0, 0.1) is 0 Å². The number of hydrogen-bond acceptors (Lipinski definition) is 4. The van der Waals surface area contributed by atoms with Crippen molar-refractivity contribution in [2.45, 2.75) is 11.1 Å². The number of carbonyl (C=O) groups is 1. The molecule has 0 spiro atoms. The topological polar surface area (TPSA) is 70.6 Å². The van der Waals surface area contributed by atoms with Crippen LogP contribution in [0.15, 0.2) is 47.5 Å². The zero-order chi connectivity index (χ0) is 20.5. The van der Waals surface area contributed by atoms with Crippen molar-refractivity contribution < 1.29 is 26.4 Å². The van der Waals surface area contributed by atoms with E-state index in [1.54, 1.807) is 18.2 Å². The van der Waals surface area contributed by atoms with Gasteiger partial charge < -0.3 is 4.90 Å². The van der Waals surface area contributed by atoms with E-state index in [1.165, 1.54) is 11.1 Å². The normalized spacial score (nSPS) is 16.2. The van der Waals surface area contributed by atoms with Crippen molar-refractivity contribution >= 4 is 27.5 Å². The molecule has 1 fully saturated rings. The first kappa shape index (κ1) is 20.6. The molecule has 1 amide bonds. The molecule has 0 bridgehead atoms. The Morgan fingerprint density at radius 2 is 1.75 bits per heavy atom. The van der Waals surface area contributed by atoms with E-state index in [9.17, 15) is 26.4 Å². The number of carbonyl (C=O) groups excluding carboxylic acids is 1. The van der Waals surface area contributed by atoms with Crippen molar-refractivity contribution in [3.63, 3.8) is 0 Å². The standard InChI is InChI=1S/C17H15ClF3N3O3S/c18-13-5-4-12(17(19,20)21)11-15(13)28(26,27)24-9-7-23(8-10-24)16(25)14-3-1-2-6-22-14/h1-6,11H,7-10H2. The Balaban J connectivity index is 1.78. The zero-order valence-corrected chi connectivity index (χ0v) is 15.9. The average Bonchev–Trinajstić information content (AvgIpc) is 2.67. The Morgan fingerprint density at radius 3 is 2.32 bits per heavy atom. The second kappa shape index (κ2) is 7.69. The number of amides is 1. The van der Waals surface area contributed by atoms with Crippen LogP contribution < -0.4 is 0 Å². The first-order valence-corrected chi connectivity index (χ1v) is 10.00. The summed E-state index contributed by atoms with van der Waals surface area (Å²) in [5, 5.41) is -0.292. The molecule has 0 radical (unpaired) electrons. The van der Waals surface area contributed by atoms with Crippen molar-refractivity contribution in [2.24, 2.45) is 0 Å². The van der Waals surface area contributed by atoms with Crippen LogP contribution >= 0.6 is 11.6 Å². The van der Waals surface area contributed by atoms with Crippen LogP contribution in [0.3, 0.4) is 0 Å². The van der Waals surface area contributed by atoms with Crippen LogP contribution in [0.5, 0.6) is 0 Å². The summed E-state index contributed by atoms with van der Waals surface area (Å²) in [6.07, 6.45) is -3.22. The van der Waals surface area contributed by atoms with Gasteiger partial charge in [-0.3, -0.25) is 9.78 Å². The quantitative estimate of drug-likeness (QED) is 0.746. The highest BCUT2D eigenvalue weighted by Gasteiger charge is 2.36. The molecule has 2 aromatic rings. The lowest BCUT2D eigenvalue weighted by atomic mass is 10.2. The summed E-state index contributed by atoms with van der Waals surface area (Å²) < 4.78 is 65.4. The smallest absolute Gasteiger partial charge is 0.335 e. The number of alkyl halides is 3. The minimum absolute atomic E-state index is 0.0620. The minimum Gasteiger partial charge on any atom is -0.335 e. The fraction of sp³-hybridized carbons (Fsp3) is 0.294. The number of rotatable bonds is 3. The van der Waals surface area contributed by atoms with E-state index in [2.05, 4.69) is 4.98 Å². The maximum absolute atomic E-state index is 12.9.